The Bertz CT molecular complexity index is 459. The fourth-order valence-corrected chi connectivity index (χ4v) is 3.25. The highest BCUT2D eigenvalue weighted by Gasteiger charge is 2.30. The molecule has 0 atom stereocenters. The highest BCUT2D eigenvalue weighted by molar-refractivity contribution is 9.10. The second-order valence-electron chi connectivity index (χ2n) is 5.33. The van der Waals surface area contributed by atoms with Crippen molar-refractivity contribution in [2.24, 2.45) is 0 Å². The van der Waals surface area contributed by atoms with Crippen molar-refractivity contribution in [1.82, 2.24) is 5.32 Å². The number of ether oxygens (including phenoxy) is 2. The van der Waals surface area contributed by atoms with Gasteiger partial charge >= 0.3 is 0 Å². The molecule has 1 fully saturated rings. The van der Waals surface area contributed by atoms with E-state index >= 15 is 0 Å². The Labute approximate surface area is 128 Å². The van der Waals surface area contributed by atoms with Crippen LogP contribution in [0.3, 0.4) is 0 Å². The first kappa shape index (κ1) is 15.6. The molecule has 20 heavy (non-hydrogen) atoms. The van der Waals surface area contributed by atoms with Crippen LogP contribution in [0.25, 0.3) is 0 Å². The molecule has 0 saturated heterocycles. The van der Waals surface area contributed by atoms with Crippen LogP contribution in [-0.4, -0.2) is 31.5 Å². The minimum absolute atomic E-state index is 0.536. The van der Waals surface area contributed by atoms with E-state index in [0.29, 0.717) is 13.1 Å². The molecular formula is C15H22BrNO3. The van der Waals surface area contributed by atoms with Crippen LogP contribution < -0.4 is 14.8 Å². The lowest BCUT2D eigenvalue weighted by Crippen LogP contribution is -2.37. The Morgan fingerprint density at radius 3 is 2.55 bits per heavy atom. The van der Waals surface area contributed by atoms with Crippen LogP contribution in [0.5, 0.6) is 11.5 Å². The molecular weight excluding hydrogens is 322 g/mol. The number of benzene rings is 1. The quantitative estimate of drug-likeness (QED) is 0.833. The van der Waals surface area contributed by atoms with Crippen LogP contribution in [0.1, 0.15) is 31.2 Å². The smallest absolute Gasteiger partial charge is 0.128 e. The van der Waals surface area contributed by atoms with Crippen LogP contribution in [0, 0.1) is 0 Å². The maximum atomic E-state index is 10.3. The van der Waals surface area contributed by atoms with Crippen molar-refractivity contribution < 1.29 is 14.6 Å². The zero-order valence-corrected chi connectivity index (χ0v) is 13.6. The highest BCUT2D eigenvalue weighted by atomic mass is 79.9. The van der Waals surface area contributed by atoms with Gasteiger partial charge in [0.15, 0.2) is 0 Å². The molecule has 4 nitrogen and oxygen atoms in total. The van der Waals surface area contributed by atoms with E-state index in [4.69, 9.17) is 9.47 Å². The summed E-state index contributed by atoms with van der Waals surface area (Å²) >= 11 is 3.54. The Balaban J connectivity index is 2.01. The van der Waals surface area contributed by atoms with Crippen molar-refractivity contribution in [3.8, 4) is 11.5 Å². The first-order valence-corrected chi connectivity index (χ1v) is 7.71. The molecule has 2 N–H and O–H groups in total. The van der Waals surface area contributed by atoms with Gasteiger partial charge in [-0.25, -0.2) is 0 Å². The van der Waals surface area contributed by atoms with E-state index in [1.54, 1.807) is 14.2 Å². The number of hydrogen-bond donors (Lipinski definition) is 2. The lowest BCUT2D eigenvalue weighted by Gasteiger charge is -2.23. The lowest BCUT2D eigenvalue weighted by molar-refractivity contribution is 0.0474. The highest BCUT2D eigenvalue weighted by Crippen LogP contribution is 2.33. The van der Waals surface area contributed by atoms with Gasteiger partial charge in [-0.15, -0.1) is 0 Å². The Kier molecular flexibility index (Phi) is 5.29. The van der Waals surface area contributed by atoms with Crippen LogP contribution in [0.4, 0.5) is 0 Å². The van der Waals surface area contributed by atoms with Crippen molar-refractivity contribution >= 4 is 15.9 Å². The maximum absolute atomic E-state index is 10.3. The SMILES string of the molecule is COc1cc(Br)c(CNCC2(O)CCCC2)c(OC)c1. The standard InChI is InChI=1S/C15H22BrNO3/c1-19-11-7-13(16)12(14(8-11)20-2)9-17-10-15(18)5-3-4-6-15/h7-8,17-18H,3-6,9-10H2,1-2H3. The van der Waals surface area contributed by atoms with E-state index < -0.39 is 5.60 Å². The normalized spacial score (nSPS) is 17.2. The third kappa shape index (κ3) is 3.65. The number of methoxy groups -OCH3 is 2. The lowest BCUT2D eigenvalue weighted by atomic mass is 10.0. The first-order valence-electron chi connectivity index (χ1n) is 6.91. The molecule has 0 unspecified atom stereocenters. The predicted octanol–water partition coefficient (Wildman–Crippen LogP) is 2.86. The van der Waals surface area contributed by atoms with E-state index in [1.165, 1.54) is 0 Å². The van der Waals surface area contributed by atoms with E-state index in [-0.39, 0.29) is 0 Å². The number of hydrogen-bond acceptors (Lipinski definition) is 4. The average Bonchev–Trinajstić information content (AvgIpc) is 2.87. The maximum Gasteiger partial charge on any atom is 0.128 e. The molecule has 0 amide bonds. The summed E-state index contributed by atoms with van der Waals surface area (Å²) in [5.74, 6) is 1.54. The molecule has 112 valence electrons. The summed E-state index contributed by atoms with van der Waals surface area (Å²) < 4.78 is 11.6. The number of nitrogens with one attached hydrogen (secondary N) is 1. The van der Waals surface area contributed by atoms with Crippen LogP contribution in [-0.2, 0) is 6.54 Å². The summed E-state index contributed by atoms with van der Waals surface area (Å²) in [5.41, 5.74) is 0.501. The van der Waals surface area contributed by atoms with Crippen molar-refractivity contribution in [3.05, 3.63) is 22.2 Å². The van der Waals surface area contributed by atoms with Gasteiger partial charge in [0.1, 0.15) is 11.5 Å². The van der Waals surface area contributed by atoms with E-state index in [9.17, 15) is 5.11 Å². The Hall–Kier alpha value is -0.780. The predicted molar refractivity (Wildman–Crippen MR) is 82.4 cm³/mol. The van der Waals surface area contributed by atoms with Crippen molar-refractivity contribution in [3.63, 3.8) is 0 Å². The monoisotopic (exact) mass is 343 g/mol. The Morgan fingerprint density at radius 1 is 1.25 bits per heavy atom. The van der Waals surface area contributed by atoms with Crippen molar-refractivity contribution in [1.29, 1.82) is 0 Å². The molecule has 1 aliphatic rings. The van der Waals surface area contributed by atoms with Gasteiger partial charge in [-0.2, -0.15) is 0 Å². The van der Waals surface area contributed by atoms with E-state index in [2.05, 4.69) is 21.2 Å². The first-order chi connectivity index (χ1) is 9.58. The van der Waals surface area contributed by atoms with Crippen molar-refractivity contribution in [2.75, 3.05) is 20.8 Å². The van der Waals surface area contributed by atoms with Gasteiger partial charge in [-0.1, -0.05) is 28.8 Å². The fourth-order valence-electron chi connectivity index (χ4n) is 2.69. The van der Waals surface area contributed by atoms with E-state index in [0.717, 1.165) is 47.2 Å². The molecule has 1 aromatic rings. The summed E-state index contributed by atoms with van der Waals surface area (Å²) in [4.78, 5) is 0. The van der Waals surface area contributed by atoms with Gasteiger partial charge in [0.05, 0.1) is 19.8 Å². The molecule has 0 aliphatic heterocycles. The topological polar surface area (TPSA) is 50.7 Å². The molecule has 0 aromatic heterocycles. The van der Waals surface area contributed by atoms with Crippen LogP contribution >= 0.6 is 15.9 Å². The van der Waals surface area contributed by atoms with Gasteiger partial charge in [-0.3, -0.25) is 0 Å². The summed E-state index contributed by atoms with van der Waals surface area (Å²) in [6.07, 6.45) is 4.02. The van der Waals surface area contributed by atoms with Gasteiger partial charge in [0.2, 0.25) is 0 Å². The van der Waals surface area contributed by atoms with Gasteiger partial charge in [0.25, 0.3) is 0 Å². The molecule has 1 saturated carbocycles. The molecule has 1 aromatic carbocycles. The second-order valence-corrected chi connectivity index (χ2v) is 6.18. The summed E-state index contributed by atoms with van der Waals surface area (Å²) in [5, 5.41) is 13.7. The third-order valence-electron chi connectivity index (χ3n) is 3.87. The molecule has 2 rings (SSSR count). The average molecular weight is 344 g/mol. The molecule has 0 heterocycles. The molecule has 0 radical (unpaired) electrons. The fraction of sp³-hybridized carbons (Fsp3) is 0.600. The molecule has 5 heteroatoms. The minimum atomic E-state index is -0.536. The summed E-state index contributed by atoms with van der Waals surface area (Å²) in [7, 11) is 3.28. The summed E-state index contributed by atoms with van der Waals surface area (Å²) in [6.45, 7) is 1.27. The van der Waals surface area contributed by atoms with Gasteiger partial charge < -0.3 is 19.9 Å². The third-order valence-corrected chi connectivity index (χ3v) is 4.58. The van der Waals surface area contributed by atoms with E-state index in [1.807, 2.05) is 12.1 Å². The van der Waals surface area contributed by atoms with Crippen LogP contribution in [0.15, 0.2) is 16.6 Å². The Morgan fingerprint density at radius 2 is 1.95 bits per heavy atom. The summed E-state index contributed by atoms with van der Waals surface area (Å²) in [6, 6.07) is 3.79. The molecule has 1 aliphatic carbocycles. The zero-order chi connectivity index (χ0) is 14.6. The number of aliphatic hydroxyl groups is 1. The van der Waals surface area contributed by atoms with Crippen LogP contribution in [0.2, 0.25) is 0 Å². The number of halogens is 1. The molecule has 0 spiro atoms. The van der Waals surface area contributed by atoms with Gasteiger partial charge in [0, 0.05) is 29.2 Å². The molecule has 0 bridgehead atoms. The zero-order valence-electron chi connectivity index (χ0n) is 12.0. The van der Waals surface area contributed by atoms with Crippen molar-refractivity contribution in [2.45, 2.75) is 37.8 Å². The number of rotatable bonds is 6. The minimum Gasteiger partial charge on any atom is -0.497 e. The second kappa shape index (κ2) is 6.78. The van der Waals surface area contributed by atoms with Gasteiger partial charge in [-0.05, 0) is 18.9 Å². The largest absolute Gasteiger partial charge is 0.497 e.